The maximum absolute atomic E-state index is 14.5. The monoisotopic (exact) mass is 468 g/mol. The van der Waals surface area contributed by atoms with Crippen LogP contribution in [-0.2, 0) is 14.3 Å². The zero-order valence-corrected chi connectivity index (χ0v) is 20.0. The summed E-state index contributed by atoms with van der Waals surface area (Å²) in [6.45, 7) is 2.13. The SMILES string of the molecule is CCOC(=O)[C@H]1C[C@@H](C(=O)N2[C@@H](c3ccccc3)CC[C@@H]2c2ccccc2)[C@@H](c2ccccc2)N1. The summed E-state index contributed by atoms with van der Waals surface area (Å²) in [5.74, 6) is -0.551. The number of nitrogens with one attached hydrogen (secondary N) is 1. The normalized spacial score (nSPS) is 26.0. The average molecular weight is 469 g/mol. The Balaban J connectivity index is 1.52. The van der Waals surface area contributed by atoms with Gasteiger partial charge in [-0.15, -0.1) is 0 Å². The van der Waals surface area contributed by atoms with E-state index in [1.165, 1.54) is 0 Å². The van der Waals surface area contributed by atoms with Crippen LogP contribution in [0.25, 0.3) is 0 Å². The van der Waals surface area contributed by atoms with Gasteiger partial charge >= 0.3 is 5.97 Å². The summed E-state index contributed by atoms with van der Waals surface area (Å²) in [5, 5.41) is 3.43. The van der Waals surface area contributed by atoms with Crippen LogP contribution in [0, 0.1) is 5.92 Å². The van der Waals surface area contributed by atoms with Crippen LogP contribution in [0.5, 0.6) is 0 Å². The summed E-state index contributed by atoms with van der Waals surface area (Å²) in [4.78, 5) is 29.2. The highest BCUT2D eigenvalue weighted by atomic mass is 16.5. The smallest absolute Gasteiger partial charge is 0.323 e. The fraction of sp³-hybridized carbons (Fsp3) is 0.333. The molecule has 5 nitrogen and oxygen atoms in total. The molecule has 5 atom stereocenters. The lowest BCUT2D eigenvalue weighted by atomic mass is 9.90. The second kappa shape index (κ2) is 10.4. The van der Waals surface area contributed by atoms with Crippen molar-refractivity contribution in [3.63, 3.8) is 0 Å². The van der Waals surface area contributed by atoms with Crippen molar-refractivity contribution in [2.45, 2.75) is 50.4 Å². The molecule has 2 fully saturated rings. The highest BCUT2D eigenvalue weighted by Crippen LogP contribution is 2.47. The molecule has 2 saturated heterocycles. The van der Waals surface area contributed by atoms with Gasteiger partial charge in [-0.25, -0.2) is 0 Å². The summed E-state index contributed by atoms with van der Waals surface area (Å²) >= 11 is 0. The van der Waals surface area contributed by atoms with Crippen LogP contribution in [0.1, 0.15) is 61.0 Å². The lowest BCUT2D eigenvalue weighted by molar-refractivity contribution is -0.145. The molecule has 0 aliphatic carbocycles. The van der Waals surface area contributed by atoms with Gasteiger partial charge in [0.15, 0.2) is 0 Å². The molecular formula is C30H32N2O3. The molecule has 5 heteroatoms. The van der Waals surface area contributed by atoms with Gasteiger partial charge in [-0.2, -0.15) is 0 Å². The maximum Gasteiger partial charge on any atom is 0.323 e. The van der Waals surface area contributed by atoms with Crippen molar-refractivity contribution in [1.82, 2.24) is 10.2 Å². The van der Waals surface area contributed by atoms with Crippen LogP contribution < -0.4 is 5.32 Å². The molecule has 5 rings (SSSR count). The fourth-order valence-corrected chi connectivity index (χ4v) is 5.75. The first-order valence-corrected chi connectivity index (χ1v) is 12.6. The second-order valence-electron chi connectivity index (χ2n) is 9.38. The van der Waals surface area contributed by atoms with Crippen LogP contribution in [-0.4, -0.2) is 29.4 Å². The number of carbonyl (C=O) groups is 2. The number of amides is 1. The lowest BCUT2D eigenvalue weighted by Crippen LogP contribution is -2.39. The Labute approximate surface area is 207 Å². The molecular weight excluding hydrogens is 436 g/mol. The molecule has 0 radical (unpaired) electrons. The molecule has 2 aliphatic heterocycles. The first kappa shape index (κ1) is 23.3. The maximum atomic E-state index is 14.5. The van der Waals surface area contributed by atoms with Crippen molar-refractivity contribution in [1.29, 1.82) is 0 Å². The number of likely N-dealkylation sites (tertiary alicyclic amines) is 1. The third-order valence-electron chi connectivity index (χ3n) is 7.33. The van der Waals surface area contributed by atoms with Crippen molar-refractivity contribution in [3.8, 4) is 0 Å². The van der Waals surface area contributed by atoms with Gasteiger partial charge in [-0.3, -0.25) is 14.9 Å². The Bertz CT molecular complexity index is 1090. The summed E-state index contributed by atoms with van der Waals surface area (Å²) in [7, 11) is 0. The standard InChI is InChI=1S/C30H32N2O3/c1-2-35-30(34)25-20-24(28(31-25)23-16-10-5-11-17-23)29(33)32-26(21-12-6-3-7-13-21)18-19-27(32)22-14-8-4-9-15-22/h3-17,24-28,31H,2,18-20H2,1H3/t24-,25-,26-,27-,28-/m1/s1. The number of esters is 1. The number of benzene rings is 3. The van der Waals surface area contributed by atoms with Gasteiger partial charge in [0, 0.05) is 6.04 Å². The molecule has 1 amide bonds. The van der Waals surface area contributed by atoms with Crippen LogP contribution in [0.15, 0.2) is 91.0 Å². The molecule has 0 spiro atoms. The first-order valence-electron chi connectivity index (χ1n) is 12.6. The van der Waals surface area contributed by atoms with Crippen molar-refractivity contribution in [3.05, 3.63) is 108 Å². The van der Waals surface area contributed by atoms with Gasteiger partial charge in [-0.05, 0) is 42.9 Å². The van der Waals surface area contributed by atoms with E-state index in [0.29, 0.717) is 13.0 Å². The molecule has 2 heterocycles. The third-order valence-corrected chi connectivity index (χ3v) is 7.33. The quantitative estimate of drug-likeness (QED) is 0.494. The van der Waals surface area contributed by atoms with Gasteiger partial charge < -0.3 is 9.64 Å². The van der Waals surface area contributed by atoms with E-state index >= 15 is 0 Å². The third kappa shape index (κ3) is 4.73. The van der Waals surface area contributed by atoms with Crippen molar-refractivity contribution in [2.24, 2.45) is 5.92 Å². The zero-order valence-electron chi connectivity index (χ0n) is 20.0. The molecule has 3 aromatic rings. The zero-order chi connectivity index (χ0) is 24.2. The van der Waals surface area contributed by atoms with E-state index in [1.807, 2.05) is 73.7 Å². The number of hydrogen-bond acceptors (Lipinski definition) is 4. The molecule has 0 saturated carbocycles. The summed E-state index contributed by atoms with van der Waals surface area (Å²) in [6, 6.07) is 29.9. The summed E-state index contributed by atoms with van der Waals surface area (Å²) < 4.78 is 5.32. The average Bonchev–Trinajstić information content (AvgIpc) is 3.56. The van der Waals surface area contributed by atoms with E-state index in [0.717, 1.165) is 29.5 Å². The molecule has 180 valence electrons. The van der Waals surface area contributed by atoms with Crippen LogP contribution in [0.3, 0.4) is 0 Å². The minimum absolute atomic E-state index is 0.00646. The van der Waals surface area contributed by atoms with Gasteiger partial charge in [0.1, 0.15) is 6.04 Å². The Morgan fingerprint density at radius 1 is 0.800 bits per heavy atom. The highest BCUT2D eigenvalue weighted by Gasteiger charge is 2.48. The van der Waals surface area contributed by atoms with E-state index in [2.05, 4.69) is 34.5 Å². The van der Waals surface area contributed by atoms with E-state index < -0.39 is 6.04 Å². The first-order chi connectivity index (χ1) is 17.2. The molecule has 0 aromatic heterocycles. The fourth-order valence-electron chi connectivity index (χ4n) is 5.75. The Hall–Kier alpha value is -3.44. The topological polar surface area (TPSA) is 58.6 Å². The largest absolute Gasteiger partial charge is 0.465 e. The molecule has 35 heavy (non-hydrogen) atoms. The predicted octanol–water partition coefficient (Wildman–Crippen LogP) is 5.37. The van der Waals surface area contributed by atoms with Gasteiger partial charge in [0.05, 0.1) is 24.6 Å². The highest BCUT2D eigenvalue weighted by molar-refractivity contribution is 5.84. The summed E-state index contributed by atoms with van der Waals surface area (Å²) in [5.41, 5.74) is 3.33. The minimum atomic E-state index is -0.498. The molecule has 0 bridgehead atoms. The predicted molar refractivity (Wildman–Crippen MR) is 135 cm³/mol. The minimum Gasteiger partial charge on any atom is -0.465 e. The Morgan fingerprint density at radius 3 is 1.77 bits per heavy atom. The molecule has 1 N–H and O–H groups in total. The number of carbonyl (C=O) groups excluding carboxylic acids is 2. The second-order valence-corrected chi connectivity index (χ2v) is 9.38. The van der Waals surface area contributed by atoms with Gasteiger partial charge in [-0.1, -0.05) is 91.0 Å². The van der Waals surface area contributed by atoms with Crippen LogP contribution >= 0.6 is 0 Å². The van der Waals surface area contributed by atoms with Crippen molar-refractivity contribution < 1.29 is 14.3 Å². The van der Waals surface area contributed by atoms with Gasteiger partial charge in [0.25, 0.3) is 0 Å². The van der Waals surface area contributed by atoms with Crippen LogP contribution in [0.2, 0.25) is 0 Å². The molecule has 2 aliphatic rings. The lowest BCUT2D eigenvalue weighted by Gasteiger charge is -2.34. The number of rotatable bonds is 6. The molecule has 0 unspecified atom stereocenters. The van der Waals surface area contributed by atoms with E-state index in [4.69, 9.17) is 4.74 Å². The Morgan fingerprint density at radius 2 is 1.29 bits per heavy atom. The number of hydrogen-bond donors (Lipinski definition) is 1. The van der Waals surface area contributed by atoms with Gasteiger partial charge in [0.2, 0.25) is 5.91 Å². The van der Waals surface area contributed by atoms with E-state index in [1.54, 1.807) is 0 Å². The van der Waals surface area contributed by atoms with Crippen molar-refractivity contribution in [2.75, 3.05) is 6.61 Å². The Kier molecular flexibility index (Phi) is 6.96. The van der Waals surface area contributed by atoms with Crippen molar-refractivity contribution >= 4 is 11.9 Å². The van der Waals surface area contributed by atoms with Crippen LogP contribution in [0.4, 0.5) is 0 Å². The number of nitrogens with zero attached hydrogens (tertiary/aromatic N) is 1. The molecule has 3 aromatic carbocycles. The summed E-state index contributed by atoms with van der Waals surface area (Å²) in [6.07, 6.45) is 2.25. The number of ether oxygens (including phenoxy) is 1. The van der Waals surface area contributed by atoms with E-state index in [-0.39, 0.29) is 35.9 Å². The van der Waals surface area contributed by atoms with E-state index in [9.17, 15) is 9.59 Å².